The summed E-state index contributed by atoms with van der Waals surface area (Å²) in [6.07, 6.45) is 3.05. The molecule has 0 aliphatic rings. The number of hydrogen-bond acceptors (Lipinski definition) is 4. The molecule has 4 heteroatoms. The molecule has 0 amide bonds. The van der Waals surface area contributed by atoms with Gasteiger partial charge in [-0.25, -0.2) is 0 Å². The summed E-state index contributed by atoms with van der Waals surface area (Å²) in [5, 5.41) is 18.5. The summed E-state index contributed by atoms with van der Waals surface area (Å²) in [4.78, 5) is 14.9. The Bertz CT molecular complexity index is 470. The molecule has 1 aromatic rings. The van der Waals surface area contributed by atoms with E-state index in [1.54, 1.807) is 25.3 Å². The summed E-state index contributed by atoms with van der Waals surface area (Å²) in [6, 6.07) is 3.25. The zero-order valence-corrected chi connectivity index (χ0v) is 8.48. The number of hydrogen-bond donors (Lipinski definition) is 1. The SMILES string of the molecule is CC(=O)/C(C#N)=C(/O)c1ccncc1C. The number of pyridine rings is 1. The van der Waals surface area contributed by atoms with Gasteiger partial charge in [0.15, 0.2) is 5.78 Å². The monoisotopic (exact) mass is 202 g/mol. The molecule has 0 atom stereocenters. The number of ketones is 1. The maximum atomic E-state index is 11.0. The van der Waals surface area contributed by atoms with Crippen molar-refractivity contribution < 1.29 is 9.90 Å². The minimum absolute atomic E-state index is 0.232. The average molecular weight is 202 g/mol. The molecule has 0 aromatic carbocycles. The zero-order chi connectivity index (χ0) is 11.4. The molecule has 1 rings (SSSR count). The van der Waals surface area contributed by atoms with Crippen molar-refractivity contribution in [1.82, 2.24) is 4.98 Å². The van der Waals surface area contributed by atoms with E-state index in [2.05, 4.69) is 4.98 Å². The summed E-state index contributed by atoms with van der Waals surface area (Å²) in [5.41, 5.74) is 0.935. The fraction of sp³-hybridized carbons (Fsp3) is 0.182. The van der Waals surface area contributed by atoms with Gasteiger partial charge in [-0.15, -0.1) is 0 Å². The Kier molecular flexibility index (Phi) is 3.19. The van der Waals surface area contributed by atoms with E-state index in [4.69, 9.17) is 5.26 Å². The summed E-state index contributed by atoms with van der Waals surface area (Å²) < 4.78 is 0. The van der Waals surface area contributed by atoms with Gasteiger partial charge in [0, 0.05) is 24.9 Å². The molecular formula is C11H10N2O2. The molecular weight excluding hydrogens is 192 g/mol. The first-order valence-corrected chi connectivity index (χ1v) is 4.33. The summed E-state index contributed by atoms with van der Waals surface area (Å²) in [7, 11) is 0. The normalized spacial score (nSPS) is 11.5. The van der Waals surface area contributed by atoms with Gasteiger partial charge in [-0.2, -0.15) is 5.26 Å². The molecule has 0 unspecified atom stereocenters. The number of nitrogens with zero attached hydrogens (tertiary/aromatic N) is 2. The molecule has 0 saturated carbocycles. The third kappa shape index (κ3) is 2.20. The van der Waals surface area contributed by atoms with Crippen molar-refractivity contribution in [3.8, 4) is 6.07 Å². The second-order valence-corrected chi connectivity index (χ2v) is 3.08. The van der Waals surface area contributed by atoms with Crippen LogP contribution in [-0.2, 0) is 4.79 Å². The van der Waals surface area contributed by atoms with Crippen LogP contribution in [0.5, 0.6) is 0 Å². The number of aromatic nitrogens is 1. The van der Waals surface area contributed by atoms with Crippen LogP contribution in [0.4, 0.5) is 0 Å². The highest BCUT2D eigenvalue weighted by Gasteiger charge is 2.13. The number of Topliss-reactive ketones (excluding diaryl/α,β-unsaturated/α-hetero) is 1. The lowest BCUT2D eigenvalue weighted by molar-refractivity contribution is -0.113. The average Bonchev–Trinajstić information content (AvgIpc) is 2.18. The number of aliphatic hydroxyl groups is 1. The lowest BCUT2D eigenvalue weighted by Crippen LogP contribution is -2.00. The maximum absolute atomic E-state index is 11.0. The lowest BCUT2D eigenvalue weighted by Gasteiger charge is -2.04. The van der Waals surface area contributed by atoms with E-state index in [0.29, 0.717) is 11.1 Å². The van der Waals surface area contributed by atoms with E-state index < -0.39 is 5.78 Å². The Labute approximate surface area is 87.5 Å². The molecule has 0 aliphatic carbocycles. The smallest absolute Gasteiger partial charge is 0.174 e. The largest absolute Gasteiger partial charge is 0.506 e. The van der Waals surface area contributed by atoms with E-state index in [1.807, 2.05) is 0 Å². The summed E-state index contributed by atoms with van der Waals surface area (Å²) in [6.45, 7) is 2.99. The van der Waals surface area contributed by atoms with Gasteiger partial charge in [-0.3, -0.25) is 9.78 Å². The van der Waals surface area contributed by atoms with Crippen LogP contribution >= 0.6 is 0 Å². The molecule has 4 nitrogen and oxygen atoms in total. The molecule has 0 aliphatic heterocycles. The molecule has 1 aromatic heterocycles. The topological polar surface area (TPSA) is 74.0 Å². The molecule has 1 N–H and O–H groups in total. The molecule has 15 heavy (non-hydrogen) atoms. The van der Waals surface area contributed by atoms with Gasteiger partial charge in [-0.05, 0) is 18.6 Å². The van der Waals surface area contributed by atoms with Gasteiger partial charge in [0.2, 0.25) is 0 Å². The van der Waals surface area contributed by atoms with Gasteiger partial charge in [0.25, 0.3) is 0 Å². The zero-order valence-electron chi connectivity index (χ0n) is 8.48. The van der Waals surface area contributed by atoms with E-state index in [-0.39, 0.29) is 11.3 Å². The van der Waals surface area contributed by atoms with Crippen LogP contribution in [0.3, 0.4) is 0 Å². The fourth-order valence-corrected chi connectivity index (χ4v) is 1.17. The molecule has 0 fully saturated rings. The van der Waals surface area contributed by atoms with E-state index in [0.717, 1.165) is 0 Å². The number of nitriles is 1. The predicted octanol–water partition coefficient (Wildman–Crippen LogP) is 1.77. The standard InChI is InChI=1S/C11H10N2O2/c1-7-6-13-4-3-9(7)11(15)10(5-12)8(2)14/h3-4,6,15H,1-2H3/b11-10+. The first-order valence-electron chi connectivity index (χ1n) is 4.33. The number of carbonyl (C=O) groups is 1. The Hall–Kier alpha value is -2.15. The Morgan fingerprint density at radius 1 is 1.60 bits per heavy atom. The molecule has 0 radical (unpaired) electrons. The van der Waals surface area contributed by atoms with Gasteiger partial charge < -0.3 is 5.11 Å². The highest BCUT2D eigenvalue weighted by atomic mass is 16.3. The third-order valence-electron chi connectivity index (χ3n) is 1.98. The van der Waals surface area contributed by atoms with Crippen LogP contribution in [0.25, 0.3) is 5.76 Å². The van der Waals surface area contributed by atoms with Crippen molar-refractivity contribution in [2.45, 2.75) is 13.8 Å². The van der Waals surface area contributed by atoms with Crippen LogP contribution in [-0.4, -0.2) is 15.9 Å². The number of allylic oxidation sites excluding steroid dienone is 1. The van der Waals surface area contributed by atoms with Crippen LogP contribution in [0.1, 0.15) is 18.1 Å². The van der Waals surface area contributed by atoms with E-state index >= 15 is 0 Å². The van der Waals surface area contributed by atoms with Gasteiger partial charge in [0.05, 0.1) is 0 Å². The van der Waals surface area contributed by atoms with Crippen molar-refractivity contribution in [1.29, 1.82) is 5.26 Å². The lowest BCUT2D eigenvalue weighted by atomic mass is 10.0. The number of rotatable bonds is 2. The van der Waals surface area contributed by atoms with Crippen molar-refractivity contribution in [2.24, 2.45) is 0 Å². The summed E-state index contributed by atoms with van der Waals surface area (Å²) in [5.74, 6) is -0.740. The highest BCUT2D eigenvalue weighted by molar-refractivity contribution is 6.03. The second-order valence-electron chi connectivity index (χ2n) is 3.08. The maximum Gasteiger partial charge on any atom is 0.174 e. The predicted molar refractivity (Wildman–Crippen MR) is 54.8 cm³/mol. The van der Waals surface area contributed by atoms with Crippen LogP contribution in [0, 0.1) is 18.3 Å². The van der Waals surface area contributed by atoms with Crippen LogP contribution in [0.15, 0.2) is 24.0 Å². The Balaban J connectivity index is 3.37. The van der Waals surface area contributed by atoms with Crippen LogP contribution in [0.2, 0.25) is 0 Å². The quantitative estimate of drug-likeness (QED) is 0.450. The Morgan fingerprint density at radius 3 is 2.73 bits per heavy atom. The van der Waals surface area contributed by atoms with Crippen molar-refractivity contribution in [3.05, 3.63) is 35.2 Å². The first-order chi connectivity index (χ1) is 7.07. The van der Waals surface area contributed by atoms with Gasteiger partial charge in [0.1, 0.15) is 17.4 Å². The van der Waals surface area contributed by atoms with E-state index in [1.165, 1.54) is 13.1 Å². The van der Waals surface area contributed by atoms with Crippen LogP contribution < -0.4 is 0 Å². The number of aryl methyl sites for hydroxylation is 1. The molecule has 0 spiro atoms. The number of aliphatic hydroxyl groups excluding tert-OH is 1. The molecule has 0 saturated heterocycles. The highest BCUT2D eigenvalue weighted by Crippen LogP contribution is 2.18. The third-order valence-corrected chi connectivity index (χ3v) is 1.98. The van der Waals surface area contributed by atoms with Gasteiger partial charge >= 0.3 is 0 Å². The van der Waals surface area contributed by atoms with Crippen molar-refractivity contribution in [3.63, 3.8) is 0 Å². The summed E-state index contributed by atoms with van der Waals surface area (Å²) >= 11 is 0. The minimum Gasteiger partial charge on any atom is -0.506 e. The van der Waals surface area contributed by atoms with Crippen molar-refractivity contribution in [2.75, 3.05) is 0 Å². The first kappa shape index (κ1) is 10.9. The fourth-order valence-electron chi connectivity index (χ4n) is 1.17. The second kappa shape index (κ2) is 4.38. The molecule has 1 heterocycles. The van der Waals surface area contributed by atoms with E-state index in [9.17, 15) is 9.90 Å². The minimum atomic E-state index is -0.453. The number of carbonyl (C=O) groups excluding carboxylic acids is 1. The molecule has 0 bridgehead atoms. The van der Waals surface area contributed by atoms with Crippen molar-refractivity contribution >= 4 is 11.5 Å². The van der Waals surface area contributed by atoms with Gasteiger partial charge in [-0.1, -0.05) is 0 Å². The Morgan fingerprint density at radius 2 is 2.27 bits per heavy atom. The molecule has 76 valence electrons.